The van der Waals surface area contributed by atoms with Gasteiger partial charge in [-0.3, -0.25) is 9.48 Å². The van der Waals surface area contributed by atoms with Crippen molar-refractivity contribution in [2.45, 2.75) is 13.0 Å². The van der Waals surface area contributed by atoms with Crippen molar-refractivity contribution in [3.05, 3.63) is 46.2 Å². The standard InChI is InChI=1S/C13H15BrN4O/c1-8(9-5-3-4-6-10(9)14)16-13(19)12-11(15)7-18(2)17-12/h3-8H,15H2,1-2H3,(H,16,19). The van der Waals surface area contributed by atoms with Gasteiger partial charge in [0.25, 0.3) is 5.91 Å². The van der Waals surface area contributed by atoms with Crippen LogP contribution >= 0.6 is 15.9 Å². The third-order valence-electron chi connectivity index (χ3n) is 2.79. The monoisotopic (exact) mass is 322 g/mol. The average molecular weight is 323 g/mol. The minimum absolute atomic E-state index is 0.135. The summed E-state index contributed by atoms with van der Waals surface area (Å²) in [6.45, 7) is 1.91. The Balaban J connectivity index is 2.15. The first-order valence-corrected chi connectivity index (χ1v) is 6.62. The van der Waals surface area contributed by atoms with Crippen LogP contribution in [0, 0.1) is 0 Å². The summed E-state index contributed by atoms with van der Waals surface area (Å²) in [5.41, 5.74) is 7.36. The molecule has 1 atom stereocenters. The summed E-state index contributed by atoms with van der Waals surface area (Å²) in [5, 5.41) is 6.93. The van der Waals surface area contributed by atoms with Gasteiger partial charge < -0.3 is 11.1 Å². The number of aromatic nitrogens is 2. The number of benzene rings is 1. The highest BCUT2D eigenvalue weighted by Crippen LogP contribution is 2.23. The van der Waals surface area contributed by atoms with Crippen LogP contribution in [-0.2, 0) is 7.05 Å². The van der Waals surface area contributed by atoms with E-state index in [2.05, 4.69) is 26.3 Å². The number of anilines is 1. The van der Waals surface area contributed by atoms with E-state index < -0.39 is 0 Å². The molecule has 0 saturated carbocycles. The highest BCUT2D eigenvalue weighted by atomic mass is 79.9. The molecule has 1 aromatic carbocycles. The Bertz CT molecular complexity index is 608. The molecule has 3 N–H and O–H groups in total. The molecule has 0 radical (unpaired) electrons. The topological polar surface area (TPSA) is 72.9 Å². The Labute approximate surface area is 119 Å². The SMILES string of the molecule is CC(NC(=O)c1nn(C)cc1N)c1ccccc1Br. The molecule has 2 rings (SSSR count). The Morgan fingerprint density at radius 2 is 2.16 bits per heavy atom. The molecule has 1 heterocycles. The van der Waals surface area contributed by atoms with Crippen LogP contribution in [0.5, 0.6) is 0 Å². The molecular weight excluding hydrogens is 308 g/mol. The molecule has 0 aliphatic carbocycles. The van der Waals surface area contributed by atoms with Crippen LogP contribution in [-0.4, -0.2) is 15.7 Å². The Morgan fingerprint density at radius 3 is 2.74 bits per heavy atom. The van der Waals surface area contributed by atoms with E-state index in [0.717, 1.165) is 10.0 Å². The van der Waals surface area contributed by atoms with E-state index in [9.17, 15) is 4.79 Å². The summed E-state index contributed by atoms with van der Waals surface area (Å²) >= 11 is 3.47. The summed E-state index contributed by atoms with van der Waals surface area (Å²) in [4.78, 5) is 12.1. The van der Waals surface area contributed by atoms with Gasteiger partial charge in [-0.15, -0.1) is 0 Å². The normalized spacial score (nSPS) is 12.2. The Hall–Kier alpha value is -1.82. The number of nitrogens with zero attached hydrogens (tertiary/aromatic N) is 2. The number of aryl methyl sites for hydroxylation is 1. The minimum atomic E-state index is -0.277. The number of amides is 1. The summed E-state index contributed by atoms with van der Waals surface area (Å²) in [5.74, 6) is -0.277. The van der Waals surface area contributed by atoms with Crippen molar-refractivity contribution in [1.82, 2.24) is 15.1 Å². The zero-order chi connectivity index (χ0) is 14.0. The van der Waals surface area contributed by atoms with E-state index >= 15 is 0 Å². The largest absolute Gasteiger partial charge is 0.396 e. The van der Waals surface area contributed by atoms with E-state index in [1.54, 1.807) is 13.2 Å². The lowest BCUT2D eigenvalue weighted by molar-refractivity contribution is 0.0935. The number of carbonyl (C=O) groups is 1. The van der Waals surface area contributed by atoms with Crippen LogP contribution in [0.25, 0.3) is 0 Å². The van der Waals surface area contributed by atoms with Crippen molar-refractivity contribution in [2.24, 2.45) is 7.05 Å². The van der Waals surface area contributed by atoms with E-state index in [4.69, 9.17) is 5.73 Å². The molecule has 6 heteroatoms. The highest BCUT2D eigenvalue weighted by Gasteiger charge is 2.17. The van der Waals surface area contributed by atoms with Crippen LogP contribution in [0.15, 0.2) is 34.9 Å². The van der Waals surface area contributed by atoms with Crippen molar-refractivity contribution < 1.29 is 4.79 Å². The fourth-order valence-corrected chi connectivity index (χ4v) is 2.48. The van der Waals surface area contributed by atoms with E-state index in [1.807, 2.05) is 31.2 Å². The molecule has 0 fully saturated rings. The molecular formula is C13H15BrN4O. The minimum Gasteiger partial charge on any atom is -0.396 e. The lowest BCUT2D eigenvalue weighted by Crippen LogP contribution is -2.28. The molecule has 1 aromatic heterocycles. The average Bonchev–Trinajstić information content (AvgIpc) is 2.69. The molecule has 2 aromatic rings. The number of nitrogen functional groups attached to an aromatic ring is 1. The second-order valence-corrected chi connectivity index (χ2v) is 5.18. The van der Waals surface area contributed by atoms with Crippen molar-refractivity contribution in [3.63, 3.8) is 0 Å². The number of halogens is 1. The molecule has 0 aliphatic heterocycles. The summed E-state index contributed by atoms with van der Waals surface area (Å²) in [7, 11) is 1.73. The van der Waals surface area contributed by atoms with Crippen LogP contribution in [0.2, 0.25) is 0 Å². The number of hydrogen-bond donors (Lipinski definition) is 2. The molecule has 100 valence electrons. The fraction of sp³-hybridized carbons (Fsp3) is 0.231. The first-order valence-electron chi connectivity index (χ1n) is 5.83. The molecule has 0 saturated heterocycles. The van der Waals surface area contributed by atoms with Gasteiger partial charge in [-0.05, 0) is 18.6 Å². The molecule has 1 unspecified atom stereocenters. The number of nitrogens with two attached hydrogens (primary N) is 1. The number of rotatable bonds is 3. The molecule has 0 bridgehead atoms. The van der Waals surface area contributed by atoms with Gasteiger partial charge in [0.15, 0.2) is 5.69 Å². The molecule has 19 heavy (non-hydrogen) atoms. The summed E-state index contributed by atoms with van der Waals surface area (Å²) < 4.78 is 2.48. The zero-order valence-electron chi connectivity index (χ0n) is 10.7. The first kappa shape index (κ1) is 13.6. The van der Waals surface area contributed by atoms with E-state index in [1.165, 1.54) is 4.68 Å². The van der Waals surface area contributed by atoms with Gasteiger partial charge in [-0.25, -0.2) is 0 Å². The molecule has 1 amide bonds. The predicted octanol–water partition coefficient (Wildman–Crippen LogP) is 2.26. The molecule has 0 aliphatic rings. The van der Waals surface area contributed by atoms with Gasteiger partial charge >= 0.3 is 0 Å². The van der Waals surface area contributed by atoms with Gasteiger partial charge in [0, 0.05) is 17.7 Å². The van der Waals surface area contributed by atoms with Gasteiger partial charge in [0.1, 0.15) is 0 Å². The van der Waals surface area contributed by atoms with Gasteiger partial charge in [0.2, 0.25) is 0 Å². The lowest BCUT2D eigenvalue weighted by atomic mass is 10.1. The second kappa shape index (κ2) is 5.44. The second-order valence-electron chi connectivity index (χ2n) is 4.32. The zero-order valence-corrected chi connectivity index (χ0v) is 12.3. The lowest BCUT2D eigenvalue weighted by Gasteiger charge is -2.15. The van der Waals surface area contributed by atoms with Crippen molar-refractivity contribution in [1.29, 1.82) is 0 Å². The molecule has 0 spiro atoms. The molecule has 5 nitrogen and oxygen atoms in total. The number of carbonyl (C=O) groups excluding carboxylic acids is 1. The highest BCUT2D eigenvalue weighted by molar-refractivity contribution is 9.10. The van der Waals surface area contributed by atoms with Crippen molar-refractivity contribution >= 4 is 27.5 Å². The van der Waals surface area contributed by atoms with Crippen molar-refractivity contribution in [3.8, 4) is 0 Å². The Kier molecular flexibility index (Phi) is 3.90. The smallest absolute Gasteiger partial charge is 0.274 e. The van der Waals surface area contributed by atoms with Gasteiger partial charge in [-0.2, -0.15) is 5.10 Å². The summed E-state index contributed by atoms with van der Waals surface area (Å²) in [6, 6.07) is 7.62. The quantitative estimate of drug-likeness (QED) is 0.910. The number of nitrogens with one attached hydrogen (secondary N) is 1. The maximum Gasteiger partial charge on any atom is 0.274 e. The van der Waals surface area contributed by atoms with Gasteiger partial charge in [-0.1, -0.05) is 34.1 Å². The number of hydrogen-bond acceptors (Lipinski definition) is 3. The maximum atomic E-state index is 12.1. The Morgan fingerprint density at radius 1 is 1.47 bits per heavy atom. The van der Waals surface area contributed by atoms with Crippen LogP contribution in [0.1, 0.15) is 29.0 Å². The van der Waals surface area contributed by atoms with Crippen LogP contribution in [0.4, 0.5) is 5.69 Å². The third-order valence-corrected chi connectivity index (χ3v) is 3.51. The van der Waals surface area contributed by atoms with Crippen LogP contribution < -0.4 is 11.1 Å². The van der Waals surface area contributed by atoms with Gasteiger partial charge in [0.05, 0.1) is 11.7 Å². The van der Waals surface area contributed by atoms with Crippen molar-refractivity contribution in [2.75, 3.05) is 5.73 Å². The summed E-state index contributed by atoms with van der Waals surface area (Å²) in [6.07, 6.45) is 1.61. The fourth-order valence-electron chi connectivity index (χ4n) is 1.85. The van der Waals surface area contributed by atoms with Crippen LogP contribution in [0.3, 0.4) is 0 Å². The van der Waals surface area contributed by atoms with E-state index in [0.29, 0.717) is 5.69 Å². The first-order chi connectivity index (χ1) is 8.99. The van der Waals surface area contributed by atoms with E-state index in [-0.39, 0.29) is 17.6 Å². The maximum absolute atomic E-state index is 12.1. The third kappa shape index (κ3) is 2.96. The predicted molar refractivity (Wildman–Crippen MR) is 77.6 cm³/mol.